The van der Waals surface area contributed by atoms with Gasteiger partial charge in [-0.3, -0.25) is 0 Å². The maximum absolute atomic E-state index is 9.93. The third-order valence-electron chi connectivity index (χ3n) is 3.43. The summed E-state index contributed by atoms with van der Waals surface area (Å²) >= 11 is 3.84. The normalized spacial score (nSPS) is 25.1. The second-order valence-electron chi connectivity index (χ2n) is 5.88. The molecule has 0 radical (unpaired) electrons. The van der Waals surface area contributed by atoms with E-state index in [1.165, 1.54) is 0 Å². The van der Waals surface area contributed by atoms with Gasteiger partial charge in [0.15, 0.2) is 0 Å². The van der Waals surface area contributed by atoms with Crippen LogP contribution in [0.2, 0.25) is 0 Å². The van der Waals surface area contributed by atoms with Crippen LogP contribution in [0.25, 0.3) is 0 Å². The molecule has 18 heavy (non-hydrogen) atoms. The molecule has 1 aliphatic heterocycles. The lowest BCUT2D eigenvalue weighted by Gasteiger charge is -2.36. The fourth-order valence-electron chi connectivity index (χ4n) is 1.94. The lowest BCUT2D eigenvalue weighted by atomic mass is 9.83. The van der Waals surface area contributed by atoms with Crippen LogP contribution in [-0.2, 0) is 0 Å². The molecular weight excluding hydrogens is 262 g/mol. The van der Waals surface area contributed by atoms with Crippen LogP contribution in [0.4, 0.5) is 5.69 Å². The zero-order valence-corrected chi connectivity index (χ0v) is 12.8. The van der Waals surface area contributed by atoms with E-state index < -0.39 is 0 Å². The Morgan fingerprint density at radius 1 is 1.22 bits per heavy atom. The summed E-state index contributed by atoms with van der Waals surface area (Å²) in [5.41, 5.74) is 7.86. The molecule has 1 aliphatic rings. The molecule has 100 valence electrons. The van der Waals surface area contributed by atoms with Crippen molar-refractivity contribution < 1.29 is 5.11 Å². The predicted octanol–water partition coefficient (Wildman–Crippen LogP) is 4.12. The van der Waals surface area contributed by atoms with Crippen LogP contribution in [-0.4, -0.2) is 16.6 Å². The zero-order chi connectivity index (χ0) is 13.3. The summed E-state index contributed by atoms with van der Waals surface area (Å²) in [5.74, 6) is 3.39. The van der Waals surface area contributed by atoms with E-state index in [0.717, 1.165) is 28.7 Å². The fraction of sp³-hybridized carbons (Fsp3) is 0.571. The SMILES string of the molecule is CC(C)(C)C1CSC(c2cc(N)ccc2O)SC1. The minimum atomic E-state index is 0.312. The molecule has 1 fully saturated rings. The fourth-order valence-corrected chi connectivity index (χ4v) is 5.74. The van der Waals surface area contributed by atoms with Gasteiger partial charge in [-0.25, -0.2) is 0 Å². The van der Waals surface area contributed by atoms with Gasteiger partial charge in [-0.05, 0) is 41.0 Å². The molecule has 2 rings (SSSR count). The number of aromatic hydroxyl groups is 1. The van der Waals surface area contributed by atoms with E-state index in [1.54, 1.807) is 12.1 Å². The van der Waals surface area contributed by atoms with Gasteiger partial charge in [0.25, 0.3) is 0 Å². The van der Waals surface area contributed by atoms with Gasteiger partial charge in [0, 0.05) is 11.3 Å². The van der Waals surface area contributed by atoms with Crippen LogP contribution in [0, 0.1) is 11.3 Å². The lowest BCUT2D eigenvalue weighted by Crippen LogP contribution is -2.27. The first-order valence-corrected chi connectivity index (χ1v) is 8.29. The number of rotatable bonds is 1. The molecular formula is C14H21NOS2. The number of anilines is 1. The predicted molar refractivity (Wildman–Crippen MR) is 83.1 cm³/mol. The number of hydrogen-bond acceptors (Lipinski definition) is 4. The Hall–Kier alpha value is -0.480. The first-order chi connectivity index (χ1) is 8.38. The molecule has 4 heteroatoms. The van der Waals surface area contributed by atoms with Crippen LogP contribution in [0.15, 0.2) is 18.2 Å². The minimum Gasteiger partial charge on any atom is -0.508 e. The van der Waals surface area contributed by atoms with Gasteiger partial charge in [-0.2, -0.15) is 0 Å². The zero-order valence-electron chi connectivity index (χ0n) is 11.1. The molecule has 0 aromatic heterocycles. The number of phenolic OH excluding ortho intramolecular Hbond substituents is 1. The van der Waals surface area contributed by atoms with E-state index in [0.29, 0.717) is 15.7 Å². The Kier molecular flexibility index (Phi) is 4.07. The van der Waals surface area contributed by atoms with Crippen LogP contribution in [0.5, 0.6) is 5.75 Å². The Morgan fingerprint density at radius 2 is 1.83 bits per heavy atom. The summed E-state index contributed by atoms with van der Waals surface area (Å²) in [6.07, 6.45) is 0. The van der Waals surface area contributed by atoms with Crippen molar-refractivity contribution in [1.82, 2.24) is 0 Å². The highest BCUT2D eigenvalue weighted by molar-refractivity contribution is 8.16. The van der Waals surface area contributed by atoms with Crippen LogP contribution >= 0.6 is 23.5 Å². The molecule has 0 aliphatic carbocycles. The van der Waals surface area contributed by atoms with Crippen molar-refractivity contribution in [2.45, 2.75) is 25.4 Å². The summed E-state index contributed by atoms with van der Waals surface area (Å²) in [4.78, 5) is 0. The van der Waals surface area contributed by atoms with E-state index in [-0.39, 0.29) is 0 Å². The van der Waals surface area contributed by atoms with Gasteiger partial charge in [-0.15, -0.1) is 23.5 Å². The number of nitrogen functional groups attached to an aromatic ring is 1. The average molecular weight is 283 g/mol. The van der Waals surface area contributed by atoms with E-state index in [9.17, 15) is 5.11 Å². The maximum Gasteiger partial charge on any atom is 0.120 e. The molecule has 1 saturated heterocycles. The van der Waals surface area contributed by atoms with Crippen molar-refractivity contribution in [1.29, 1.82) is 0 Å². The number of benzene rings is 1. The first kappa shape index (κ1) is 13.9. The van der Waals surface area contributed by atoms with Crippen molar-refractivity contribution in [2.24, 2.45) is 11.3 Å². The number of nitrogens with two attached hydrogens (primary N) is 1. The van der Waals surface area contributed by atoms with Gasteiger partial charge in [-0.1, -0.05) is 20.8 Å². The van der Waals surface area contributed by atoms with E-state index in [4.69, 9.17) is 5.73 Å². The highest BCUT2D eigenvalue weighted by Crippen LogP contribution is 2.51. The van der Waals surface area contributed by atoms with E-state index in [1.807, 2.05) is 29.6 Å². The van der Waals surface area contributed by atoms with E-state index >= 15 is 0 Å². The Morgan fingerprint density at radius 3 is 2.39 bits per heavy atom. The molecule has 0 spiro atoms. The van der Waals surface area contributed by atoms with Gasteiger partial charge in [0.05, 0.1) is 4.58 Å². The second kappa shape index (κ2) is 5.25. The van der Waals surface area contributed by atoms with Gasteiger partial charge in [0.2, 0.25) is 0 Å². The van der Waals surface area contributed by atoms with Crippen molar-refractivity contribution in [3.63, 3.8) is 0 Å². The molecule has 1 aromatic carbocycles. The summed E-state index contributed by atoms with van der Waals surface area (Å²) in [6, 6.07) is 5.34. The number of phenols is 1. The Bertz CT molecular complexity index is 420. The third kappa shape index (κ3) is 3.09. The average Bonchev–Trinajstić information content (AvgIpc) is 2.31. The minimum absolute atomic E-state index is 0.312. The molecule has 0 bridgehead atoms. The molecule has 1 aromatic rings. The number of hydrogen-bond donors (Lipinski definition) is 2. The molecule has 0 saturated carbocycles. The standard InChI is InChI=1S/C14H21NOS2/c1-14(2,3)9-7-17-13(18-8-9)11-6-10(15)4-5-12(11)16/h4-6,9,13,16H,7-8,15H2,1-3H3. The van der Waals surface area contributed by atoms with Crippen LogP contribution in [0.1, 0.15) is 30.9 Å². The summed E-state index contributed by atoms with van der Waals surface area (Å²) < 4.78 is 0.312. The van der Waals surface area contributed by atoms with Gasteiger partial charge < -0.3 is 10.8 Å². The first-order valence-electron chi connectivity index (χ1n) is 6.19. The summed E-state index contributed by atoms with van der Waals surface area (Å²) in [7, 11) is 0. The quantitative estimate of drug-likeness (QED) is 0.601. The van der Waals surface area contributed by atoms with E-state index in [2.05, 4.69) is 20.8 Å². The van der Waals surface area contributed by atoms with Crippen molar-refractivity contribution in [3.8, 4) is 5.75 Å². The Balaban J connectivity index is 2.08. The lowest BCUT2D eigenvalue weighted by molar-refractivity contribution is 0.292. The third-order valence-corrected chi connectivity index (χ3v) is 6.55. The maximum atomic E-state index is 9.93. The van der Waals surface area contributed by atoms with Crippen molar-refractivity contribution >= 4 is 29.2 Å². The summed E-state index contributed by atoms with van der Waals surface area (Å²) in [6.45, 7) is 6.91. The molecule has 0 amide bonds. The Labute approximate surface area is 118 Å². The van der Waals surface area contributed by atoms with Crippen LogP contribution < -0.4 is 5.73 Å². The number of thioether (sulfide) groups is 2. The highest BCUT2D eigenvalue weighted by Gasteiger charge is 2.32. The topological polar surface area (TPSA) is 46.2 Å². The molecule has 0 unspecified atom stereocenters. The molecule has 0 atom stereocenters. The largest absolute Gasteiger partial charge is 0.508 e. The smallest absolute Gasteiger partial charge is 0.120 e. The molecule has 2 nitrogen and oxygen atoms in total. The van der Waals surface area contributed by atoms with Crippen molar-refractivity contribution in [3.05, 3.63) is 23.8 Å². The molecule has 1 heterocycles. The van der Waals surface area contributed by atoms with Crippen molar-refractivity contribution in [2.75, 3.05) is 17.2 Å². The van der Waals surface area contributed by atoms with Gasteiger partial charge in [0.1, 0.15) is 5.75 Å². The molecule has 3 N–H and O–H groups in total. The highest BCUT2D eigenvalue weighted by atomic mass is 32.2. The van der Waals surface area contributed by atoms with Crippen LogP contribution in [0.3, 0.4) is 0 Å². The summed E-state index contributed by atoms with van der Waals surface area (Å²) in [5, 5.41) is 9.93. The van der Waals surface area contributed by atoms with Gasteiger partial charge >= 0.3 is 0 Å². The monoisotopic (exact) mass is 283 g/mol. The second-order valence-corrected chi connectivity index (χ2v) is 8.45.